The van der Waals surface area contributed by atoms with E-state index in [0.717, 1.165) is 19.5 Å². The average Bonchev–Trinajstić information content (AvgIpc) is 2.04. The smallest absolute Gasteiger partial charge is 0.246 e. The SMILES string of the molecule is CCN1CCC(C(C)C)=CC1=O. The highest BCUT2D eigenvalue weighted by Crippen LogP contribution is 2.18. The zero-order valence-electron chi connectivity index (χ0n) is 8.13. The second-order valence-electron chi connectivity index (χ2n) is 3.54. The van der Waals surface area contributed by atoms with Crippen LogP contribution in [0.1, 0.15) is 27.2 Å². The van der Waals surface area contributed by atoms with E-state index >= 15 is 0 Å². The lowest BCUT2D eigenvalue weighted by molar-refractivity contribution is -0.126. The molecule has 12 heavy (non-hydrogen) atoms. The Morgan fingerprint density at radius 1 is 1.58 bits per heavy atom. The van der Waals surface area contributed by atoms with Gasteiger partial charge in [0.1, 0.15) is 0 Å². The van der Waals surface area contributed by atoms with Gasteiger partial charge in [0.2, 0.25) is 5.91 Å². The summed E-state index contributed by atoms with van der Waals surface area (Å²) in [5, 5.41) is 0. The Morgan fingerprint density at radius 3 is 2.67 bits per heavy atom. The number of rotatable bonds is 2. The van der Waals surface area contributed by atoms with Gasteiger partial charge in [-0.15, -0.1) is 0 Å². The van der Waals surface area contributed by atoms with Crippen LogP contribution in [0.4, 0.5) is 0 Å². The summed E-state index contributed by atoms with van der Waals surface area (Å²) in [6.07, 6.45) is 2.86. The number of carbonyl (C=O) groups excluding carboxylic acids is 1. The van der Waals surface area contributed by atoms with Gasteiger partial charge in [-0.2, -0.15) is 0 Å². The molecule has 0 spiro atoms. The van der Waals surface area contributed by atoms with Gasteiger partial charge in [0.25, 0.3) is 0 Å². The molecule has 0 bridgehead atoms. The van der Waals surface area contributed by atoms with Gasteiger partial charge in [0, 0.05) is 19.2 Å². The predicted octanol–water partition coefficient (Wildman–Crippen LogP) is 1.82. The van der Waals surface area contributed by atoms with Crippen LogP contribution >= 0.6 is 0 Å². The lowest BCUT2D eigenvalue weighted by atomic mass is 9.97. The summed E-state index contributed by atoms with van der Waals surface area (Å²) in [4.78, 5) is 13.3. The molecule has 1 heterocycles. The minimum Gasteiger partial charge on any atom is -0.339 e. The van der Waals surface area contributed by atoms with Gasteiger partial charge in [0.05, 0.1) is 0 Å². The van der Waals surface area contributed by atoms with Gasteiger partial charge in [0.15, 0.2) is 0 Å². The van der Waals surface area contributed by atoms with Crippen LogP contribution < -0.4 is 0 Å². The van der Waals surface area contributed by atoms with Crippen LogP contribution in [-0.2, 0) is 4.79 Å². The lowest BCUT2D eigenvalue weighted by Crippen LogP contribution is -2.34. The van der Waals surface area contributed by atoms with Crippen LogP contribution in [-0.4, -0.2) is 23.9 Å². The van der Waals surface area contributed by atoms with Gasteiger partial charge >= 0.3 is 0 Å². The van der Waals surface area contributed by atoms with Gasteiger partial charge in [-0.05, 0) is 19.3 Å². The first-order chi connectivity index (χ1) is 5.65. The molecule has 0 aromatic carbocycles. The second-order valence-corrected chi connectivity index (χ2v) is 3.54. The predicted molar refractivity (Wildman–Crippen MR) is 49.8 cm³/mol. The highest BCUT2D eigenvalue weighted by Gasteiger charge is 2.17. The topological polar surface area (TPSA) is 20.3 Å². The van der Waals surface area contributed by atoms with Crippen molar-refractivity contribution in [3.63, 3.8) is 0 Å². The van der Waals surface area contributed by atoms with Crippen molar-refractivity contribution in [1.82, 2.24) is 4.90 Å². The summed E-state index contributed by atoms with van der Waals surface area (Å²) in [7, 11) is 0. The molecule has 68 valence electrons. The van der Waals surface area contributed by atoms with E-state index in [2.05, 4.69) is 13.8 Å². The number of likely N-dealkylation sites (N-methyl/N-ethyl adjacent to an activating group) is 1. The van der Waals surface area contributed by atoms with Gasteiger partial charge in [-0.3, -0.25) is 4.79 Å². The Kier molecular flexibility index (Phi) is 2.90. The van der Waals surface area contributed by atoms with Gasteiger partial charge in [-0.25, -0.2) is 0 Å². The van der Waals surface area contributed by atoms with E-state index < -0.39 is 0 Å². The van der Waals surface area contributed by atoms with Crippen molar-refractivity contribution in [2.45, 2.75) is 27.2 Å². The molecule has 1 aliphatic rings. The fraction of sp³-hybridized carbons (Fsp3) is 0.700. The highest BCUT2D eigenvalue weighted by molar-refractivity contribution is 5.89. The maximum Gasteiger partial charge on any atom is 0.246 e. The fourth-order valence-corrected chi connectivity index (χ4v) is 1.47. The number of carbonyl (C=O) groups is 1. The zero-order chi connectivity index (χ0) is 9.14. The highest BCUT2D eigenvalue weighted by atomic mass is 16.2. The van der Waals surface area contributed by atoms with Crippen molar-refractivity contribution in [3.05, 3.63) is 11.6 Å². The van der Waals surface area contributed by atoms with E-state index in [4.69, 9.17) is 0 Å². The molecule has 0 aromatic heterocycles. The zero-order valence-corrected chi connectivity index (χ0v) is 8.13. The first-order valence-electron chi connectivity index (χ1n) is 4.64. The van der Waals surface area contributed by atoms with E-state index in [1.165, 1.54) is 5.57 Å². The number of amides is 1. The van der Waals surface area contributed by atoms with Crippen LogP contribution in [0, 0.1) is 5.92 Å². The molecule has 2 nitrogen and oxygen atoms in total. The van der Waals surface area contributed by atoms with Crippen molar-refractivity contribution < 1.29 is 4.79 Å². The van der Waals surface area contributed by atoms with E-state index in [-0.39, 0.29) is 5.91 Å². The molecule has 1 aliphatic heterocycles. The van der Waals surface area contributed by atoms with Crippen LogP contribution in [0.25, 0.3) is 0 Å². The first-order valence-corrected chi connectivity index (χ1v) is 4.64. The molecule has 1 rings (SSSR count). The van der Waals surface area contributed by atoms with E-state index in [1.54, 1.807) is 6.08 Å². The molecular formula is C10H17NO. The molecule has 0 atom stereocenters. The summed E-state index contributed by atoms with van der Waals surface area (Å²) in [5.74, 6) is 0.709. The largest absolute Gasteiger partial charge is 0.339 e. The minimum atomic E-state index is 0.187. The summed E-state index contributed by atoms with van der Waals surface area (Å²) in [5.41, 5.74) is 1.30. The summed E-state index contributed by atoms with van der Waals surface area (Å²) < 4.78 is 0. The molecule has 0 N–H and O–H groups in total. The minimum absolute atomic E-state index is 0.187. The third kappa shape index (κ3) is 1.87. The molecule has 0 radical (unpaired) electrons. The summed E-state index contributed by atoms with van der Waals surface area (Å²) in [6, 6.07) is 0. The Morgan fingerprint density at radius 2 is 2.25 bits per heavy atom. The molecule has 1 amide bonds. The van der Waals surface area contributed by atoms with Crippen molar-refractivity contribution in [2.75, 3.05) is 13.1 Å². The molecule has 0 saturated carbocycles. The van der Waals surface area contributed by atoms with E-state index in [0.29, 0.717) is 5.92 Å². The second kappa shape index (κ2) is 3.74. The van der Waals surface area contributed by atoms with Crippen molar-refractivity contribution in [1.29, 1.82) is 0 Å². The normalized spacial score (nSPS) is 18.5. The fourth-order valence-electron chi connectivity index (χ4n) is 1.47. The van der Waals surface area contributed by atoms with Crippen molar-refractivity contribution in [3.8, 4) is 0 Å². The van der Waals surface area contributed by atoms with Crippen molar-refractivity contribution in [2.24, 2.45) is 5.92 Å². The van der Waals surface area contributed by atoms with Gasteiger partial charge < -0.3 is 4.90 Å². The molecule has 0 aliphatic carbocycles. The molecular weight excluding hydrogens is 150 g/mol. The molecule has 2 heteroatoms. The monoisotopic (exact) mass is 167 g/mol. The first kappa shape index (κ1) is 9.30. The van der Waals surface area contributed by atoms with E-state index in [1.807, 2.05) is 11.8 Å². The maximum atomic E-state index is 11.4. The molecule has 0 fully saturated rings. The molecule has 0 saturated heterocycles. The third-order valence-corrected chi connectivity index (χ3v) is 2.41. The maximum absolute atomic E-state index is 11.4. The van der Waals surface area contributed by atoms with Gasteiger partial charge in [-0.1, -0.05) is 19.4 Å². The number of hydrogen-bond acceptors (Lipinski definition) is 1. The Balaban J connectivity index is 2.68. The summed E-state index contributed by atoms with van der Waals surface area (Å²) >= 11 is 0. The third-order valence-electron chi connectivity index (χ3n) is 2.41. The Hall–Kier alpha value is -0.790. The van der Waals surface area contributed by atoms with Crippen LogP contribution in [0.5, 0.6) is 0 Å². The Labute approximate surface area is 74.2 Å². The standard InChI is InChI=1S/C10H17NO/c1-4-11-6-5-9(8(2)3)7-10(11)12/h7-8H,4-6H2,1-3H3. The van der Waals surface area contributed by atoms with Crippen LogP contribution in [0.2, 0.25) is 0 Å². The quantitative estimate of drug-likeness (QED) is 0.614. The Bertz CT molecular complexity index is 206. The van der Waals surface area contributed by atoms with Crippen LogP contribution in [0.15, 0.2) is 11.6 Å². The van der Waals surface area contributed by atoms with E-state index in [9.17, 15) is 4.79 Å². The molecule has 0 unspecified atom stereocenters. The lowest BCUT2D eigenvalue weighted by Gasteiger charge is -2.26. The number of hydrogen-bond donors (Lipinski definition) is 0. The number of nitrogens with zero attached hydrogens (tertiary/aromatic N) is 1. The molecule has 0 aromatic rings. The van der Waals surface area contributed by atoms with Crippen molar-refractivity contribution >= 4 is 5.91 Å². The van der Waals surface area contributed by atoms with Crippen LogP contribution in [0.3, 0.4) is 0 Å². The average molecular weight is 167 g/mol. The summed E-state index contributed by atoms with van der Waals surface area (Å²) in [6.45, 7) is 8.04.